The molecular formula is C17H14IN3O4S2. The molecule has 27 heavy (non-hydrogen) atoms. The second-order valence-corrected chi connectivity index (χ2v) is 10.0. The van der Waals surface area contributed by atoms with Gasteiger partial charge in [0.15, 0.2) is 0 Å². The van der Waals surface area contributed by atoms with Crippen molar-refractivity contribution in [1.29, 1.82) is 0 Å². The van der Waals surface area contributed by atoms with Crippen LogP contribution in [0.4, 0.5) is 11.5 Å². The van der Waals surface area contributed by atoms with Gasteiger partial charge < -0.3 is 0 Å². The third-order valence-electron chi connectivity index (χ3n) is 3.44. The lowest BCUT2D eigenvalue weighted by Gasteiger charge is -2.10. The lowest BCUT2D eigenvalue weighted by molar-refractivity contribution is 0.600. The number of nitrogens with zero attached hydrogens (tertiary/aromatic N) is 1. The van der Waals surface area contributed by atoms with Crippen LogP contribution in [-0.4, -0.2) is 21.8 Å². The zero-order valence-corrected chi connectivity index (χ0v) is 17.5. The van der Waals surface area contributed by atoms with E-state index in [1.165, 1.54) is 48.7 Å². The van der Waals surface area contributed by atoms with Gasteiger partial charge in [-0.15, -0.1) is 0 Å². The fourth-order valence-corrected chi connectivity index (χ4v) is 4.58. The van der Waals surface area contributed by atoms with E-state index in [2.05, 4.69) is 37.0 Å². The van der Waals surface area contributed by atoms with Crippen molar-refractivity contribution in [3.05, 3.63) is 76.5 Å². The fourth-order valence-electron chi connectivity index (χ4n) is 2.15. The molecule has 10 heteroatoms. The van der Waals surface area contributed by atoms with Crippen molar-refractivity contribution in [2.45, 2.75) is 9.79 Å². The Morgan fingerprint density at radius 2 is 1.26 bits per heavy atom. The normalized spacial score (nSPS) is 11.7. The van der Waals surface area contributed by atoms with E-state index < -0.39 is 20.0 Å². The fraction of sp³-hybridized carbons (Fsp3) is 0. The van der Waals surface area contributed by atoms with Crippen LogP contribution in [0.1, 0.15) is 0 Å². The van der Waals surface area contributed by atoms with Crippen molar-refractivity contribution in [1.82, 2.24) is 4.98 Å². The molecule has 0 saturated carbocycles. The predicted molar refractivity (Wildman–Crippen MR) is 111 cm³/mol. The summed E-state index contributed by atoms with van der Waals surface area (Å²) in [6, 6.07) is 16.6. The second-order valence-electron chi connectivity index (χ2n) is 5.40. The van der Waals surface area contributed by atoms with Crippen LogP contribution in [0.25, 0.3) is 0 Å². The number of aromatic nitrogens is 1. The summed E-state index contributed by atoms with van der Waals surface area (Å²) in [6.45, 7) is 0. The topological polar surface area (TPSA) is 105 Å². The van der Waals surface area contributed by atoms with E-state index in [0.29, 0.717) is 0 Å². The highest BCUT2D eigenvalue weighted by molar-refractivity contribution is 14.1. The first-order valence-corrected chi connectivity index (χ1v) is 11.6. The number of anilines is 2. The quantitative estimate of drug-likeness (QED) is 0.491. The van der Waals surface area contributed by atoms with Crippen molar-refractivity contribution >= 4 is 54.1 Å². The maximum Gasteiger partial charge on any atom is 0.263 e. The van der Waals surface area contributed by atoms with Crippen molar-refractivity contribution in [3.63, 3.8) is 0 Å². The summed E-state index contributed by atoms with van der Waals surface area (Å²) in [5.41, 5.74) is 0.255. The first-order valence-electron chi connectivity index (χ1n) is 7.59. The van der Waals surface area contributed by atoms with Crippen LogP contribution in [0, 0.1) is 3.57 Å². The Hall–Kier alpha value is -2.18. The molecule has 2 aromatic carbocycles. The van der Waals surface area contributed by atoms with E-state index in [-0.39, 0.29) is 21.3 Å². The predicted octanol–water partition coefficient (Wildman–Crippen LogP) is 3.29. The van der Waals surface area contributed by atoms with E-state index in [1.807, 2.05) is 0 Å². The Morgan fingerprint density at radius 3 is 1.81 bits per heavy atom. The summed E-state index contributed by atoms with van der Waals surface area (Å²) in [5.74, 6) is 0.195. The molecular weight excluding hydrogens is 501 g/mol. The smallest absolute Gasteiger partial charge is 0.263 e. The number of halogens is 1. The van der Waals surface area contributed by atoms with Gasteiger partial charge in [-0.25, -0.2) is 21.8 Å². The molecule has 2 N–H and O–H groups in total. The van der Waals surface area contributed by atoms with Crippen molar-refractivity contribution in [2.75, 3.05) is 9.44 Å². The number of hydrogen-bond acceptors (Lipinski definition) is 5. The molecule has 0 saturated heterocycles. The molecule has 0 aliphatic carbocycles. The van der Waals surface area contributed by atoms with E-state index >= 15 is 0 Å². The molecule has 0 fully saturated rings. The molecule has 0 amide bonds. The largest absolute Gasteiger partial charge is 0.280 e. The third-order valence-corrected chi connectivity index (χ3v) is 6.93. The third kappa shape index (κ3) is 4.96. The number of sulfonamides is 2. The first kappa shape index (κ1) is 19.6. The van der Waals surface area contributed by atoms with Crippen LogP contribution in [0.5, 0.6) is 0 Å². The van der Waals surface area contributed by atoms with Crippen molar-refractivity contribution in [3.8, 4) is 0 Å². The standard InChI is InChI=1S/C17H14IN3O4S2/c18-13-4-8-15(9-5-13)26(22,23)20-14-6-10-16(11-7-14)27(24,25)21-17-3-1-2-12-19-17/h1-12,20H,(H,19,21). The minimum atomic E-state index is -3.82. The van der Waals surface area contributed by atoms with Crippen LogP contribution in [-0.2, 0) is 20.0 Å². The van der Waals surface area contributed by atoms with Gasteiger partial charge in [0.25, 0.3) is 20.0 Å². The molecule has 0 bridgehead atoms. The Kier molecular flexibility index (Phi) is 5.67. The summed E-state index contributed by atoms with van der Waals surface area (Å²) in [7, 11) is -7.58. The number of hydrogen-bond donors (Lipinski definition) is 2. The van der Waals surface area contributed by atoms with E-state index in [1.54, 1.807) is 24.3 Å². The molecule has 3 aromatic rings. The minimum Gasteiger partial charge on any atom is -0.280 e. The number of nitrogens with one attached hydrogen (secondary N) is 2. The molecule has 0 aliphatic heterocycles. The molecule has 0 spiro atoms. The SMILES string of the molecule is O=S(=O)(Nc1ccc(S(=O)(=O)Nc2ccccn2)cc1)c1ccc(I)cc1. The summed E-state index contributed by atoms with van der Waals surface area (Å²) < 4.78 is 55.2. The number of rotatable bonds is 6. The van der Waals surface area contributed by atoms with Crippen molar-refractivity contribution in [2.24, 2.45) is 0 Å². The highest BCUT2D eigenvalue weighted by Crippen LogP contribution is 2.20. The Morgan fingerprint density at radius 1 is 0.704 bits per heavy atom. The van der Waals surface area contributed by atoms with Gasteiger partial charge in [-0.2, -0.15) is 0 Å². The first-order chi connectivity index (χ1) is 12.8. The van der Waals surface area contributed by atoms with Gasteiger partial charge in [-0.1, -0.05) is 6.07 Å². The Labute approximate surface area is 171 Å². The van der Waals surface area contributed by atoms with Crippen LogP contribution in [0.3, 0.4) is 0 Å². The lowest BCUT2D eigenvalue weighted by Crippen LogP contribution is -2.15. The van der Waals surface area contributed by atoms with E-state index in [0.717, 1.165) is 3.57 Å². The molecule has 0 radical (unpaired) electrons. The summed E-state index contributed by atoms with van der Waals surface area (Å²) in [4.78, 5) is 4.03. The Balaban J connectivity index is 1.78. The van der Waals surface area contributed by atoms with Gasteiger partial charge in [-0.05, 0) is 83.3 Å². The molecule has 0 aliphatic rings. The molecule has 0 atom stereocenters. The highest BCUT2D eigenvalue weighted by atomic mass is 127. The zero-order chi connectivity index (χ0) is 19.5. The van der Waals surface area contributed by atoms with Crippen LogP contribution in [0.15, 0.2) is 82.7 Å². The molecule has 0 unspecified atom stereocenters. The molecule has 7 nitrogen and oxygen atoms in total. The van der Waals surface area contributed by atoms with Gasteiger partial charge in [0.2, 0.25) is 0 Å². The van der Waals surface area contributed by atoms with E-state index in [9.17, 15) is 16.8 Å². The highest BCUT2D eigenvalue weighted by Gasteiger charge is 2.17. The number of benzene rings is 2. The Bertz CT molecular complexity index is 1130. The molecule has 1 heterocycles. The van der Waals surface area contributed by atoms with Gasteiger partial charge in [0, 0.05) is 15.5 Å². The summed E-state index contributed by atoms with van der Waals surface area (Å²) in [6.07, 6.45) is 1.47. The second kappa shape index (κ2) is 7.82. The van der Waals surface area contributed by atoms with Crippen molar-refractivity contribution < 1.29 is 16.8 Å². The van der Waals surface area contributed by atoms with Crippen LogP contribution < -0.4 is 9.44 Å². The molecule has 140 valence electrons. The average Bonchev–Trinajstić information content (AvgIpc) is 2.63. The maximum absolute atomic E-state index is 12.4. The summed E-state index contributed by atoms with van der Waals surface area (Å²) in [5, 5.41) is 0. The number of pyridine rings is 1. The lowest BCUT2D eigenvalue weighted by atomic mass is 10.3. The van der Waals surface area contributed by atoms with Gasteiger partial charge in [0.05, 0.1) is 9.79 Å². The molecule has 1 aromatic heterocycles. The average molecular weight is 515 g/mol. The van der Waals surface area contributed by atoms with E-state index in [4.69, 9.17) is 0 Å². The van der Waals surface area contributed by atoms with Crippen LogP contribution in [0.2, 0.25) is 0 Å². The summed E-state index contributed by atoms with van der Waals surface area (Å²) >= 11 is 2.08. The monoisotopic (exact) mass is 515 g/mol. The minimum absolute atomic E-state index is 0.00892. The van der Waals surface area contributed by atoms with Crippen LogP contribution >= 0.6 is 22.6 Å². The van der Waals surface area contributed by atoms with Gasteiger partial charge in [0.1, 0.15) is 5.82 Å². The molecule has 3 rings (SSSR count). The van der Waals surface area contributed by atoms with Gasteiger partial charge >= 0.3 is 0 Å². The zero-order valence-electron chi connectivity index (χ0n) is 13.7. The van der Waals surface area contributed by atoms with Gasteiger partial charge in [-0.3, -0.25) is 9.44 Å². The maximum atomic E-state index is 12.4.